The molecular weight excluding hydrogens is 247 g/mol. The van der Waals surface area contributed by atoms with Crippen LogP contribution in [0, 0.1) is 0 Å². The zero-order chi connectivity index (χ0) is 7.98. The number of hydrogen-bond donors (Lipinski definition) is 2. The number of allylic oxidation sites excluding steroid dienone is 1. The van der Waals surface area contributed by atoms with Crippen LogP contribution in [0.25, 0.3) is 0 Å². The lowest BCUT2D eigenvalue weighted by Gasteiger charge is -1.98. The zero-order valence-corrected chi connectivity index (χ0v) is 7.51. The molecule has 2 N–H and O–H groups in total. The first-order chi connectivity index (χ1) is 4.70. The van der Waals surface area contributed by atoms with Crippen molar-refractivity contribution in [3.63, 3.8) is 0 Å². The minimum atomic E-state index is -0.516. The predicted octanol–water partition coefficient (Wildman–Crippen LogP) is 0.738. The smallest absolute Gasteiger partial charge is 0.303 e. The number of halogens is 1. The number of urea groups is 1. The fourth-order valence-corrected chi connectivity index (χ4v) is 0.515. The molecule has 3 amide bonds. The molecule has 4 nitrogen and oxygen atoms in total. The van der Waals surface area contributed by atoms with E-state index in [0.717, 1.165) is 0 Å². The molecule has 10 heavy (non-hydrogen) atoms. The van der Waals surface area contributed by atoms with Crippen LogP contribution in [-0.2, 0) is 4.79 Å². The molecule has 0 fully saturated rings. The van der Waals surface area contributed by atoms with Gasteiger partial charge in [0, 0.05) is 0 Å². The highest BCUT2D eigenvalue weighted by Gasteiger charge is 1.96. The second kappa shape index (κ2) is 5.21. The van der Waals surface area contributed by atoms with Crippen LogP contribution in [0.5, 0.6) is 0 Å². The van der Waals surface area contributed by atoms with Gasteiger partial charge in [-0.2, -0.15) is 0 Å². The van der Waals surface area contributed by atoms with Crippen molar-refractivity contribution >= 4 is 35.0 Å². The van der Waals surface area contributed by atoms with Gasteiger partial charge in [0.1, 0.15) is 0 Å². The molecule has 0 saturated carbocycles. The van der Waals surface area contributed by atoms with Gasteiger partial charge in [-0.3, -0.25) is 10.1 Å². The third kappa shape index (κ3) is 4.30. The van der Waals surface area contributed by atoms with Crippen LogP contribution in [0.3, 0.4) is 0 Å². The second-order valence-electron chi connectivity index (χ2n) is 1.35. The SMILES string of the molecule is C/C=C(/I)NC(=O)NC=O. The molecule has 0 saturated heterocycles. The van der Waals surface area contributed by atoms with E-state index in [9.17, 15) is 9.59 Å². The topological polar surface area (TPSA) is 58.2 Å². The largest absolute Gasteiger partial charge is 0.326 e. The normalized spacial score (nSPS) is 10.4. The quantitative estimate of drug-likeness (QED) is 0.433. The summed E-state index contributed by atoms with van der Waals surface area (Å²) in [5, 5.41) is 4.33. The monoisotopic (exact) mass is 254 g/mol. The van der Waals surface area contributed by atoms with Crippen molar-refractivity contribution in [2.24, 2.45) is 0 Å². The Morgan fingerprint density at radius 3 is 2.60 bits per heavy atom. The van der Waals surface area contributed by atoms with Crippen LogP contribution in [0.1, 0.15) is 6.92 Å². The maximum absolute atomic E-state index is 10.5. The number of nitrogens with one attached hydrogen (secondary N) is 2. The first-order valence-corrected chi connectivity index (χ1v) is 3.61. The highest BCUT2D eigenvalue weighted by Crippen LogP contribution is 1.97. The fourth-order valence-electron chi connectivity index (χ4n) is 0.270. The Bertz CT molecular complexity index is 167. The molecule has 0 radical (unpaired) electrons. The molecule has 0 aliphatic heterocycles. The third-order valence-corrected chi connectivity index (χ3v) is 1.57. The molecule has 0 aromatic heterocycles. The molecule has 0 aromatic carbocycles. The van der Waals surface area contributed by atoms with Crippen LogP contribution < -0.4 is 10.6 Å². The lowest BCUT2D eigenvalue weighted by atomic mass is 10.7. The second-order valence-corrected chi connectivity index (χ2v) is 2.52. The van der Waals surface area contributed by atoms with Gasteiger partial charge in [0.15, 0.2) is 0 Å². The average molecular weight is 254 g/mol. The summed E-state index contributed by atoms with van der Waals surface area (Å²) in [6.07, 6.45) is 2.04. The number of carbonyl (C=O) groups is 2. The van der Waals surface area contributed by atoms with Crippen LogP contribution in [0.4, 0.5) is 4.79 Å². The number of carbonyl (C=O) groups excluding carboxylic acids is 2. The summed E-state index contributed by atoms with van der Waals surface area (Å²) >= 11 is 1.93. The van der Waals surface area contributed by atoms with E-state index in [1.165, 1.54) is 0 Å². The molecule has 0 heterocycles. The van der Waals surface area contributed by atoms with E-state index in [1.54, 1.807) is 13.0 Å². The summed E-state index contributed by atoms with van der Waals surface area (Å²) in [7, 11) is 0. The third-order valence-electron chi connectivity index (χ3n) is 0.676. The molecule has 0 aliphatic carbocycles. The van der Waals surface area contributed by atoms with E-state index in [0.29, 0.717) is 10.1 Å². The van der Waals surface area contributed by atoms with Gasteiger partial charge in [-0.15, -0.1) is 0 Å². The molecule has 0 spiro atoms. The van der Waals surface area contributed by atoms with E-state index < -0.39 is 6.03 Å². The molecule has 5 heteroatoms. The summed E-state index contributed by atoms with van der Waals surface area (Å²) < 4.78 is 0.678. The van der Waals surface area contributed by atoms with Gasteiger partial charge in [0.05, 0.1) is 3.70 Å². The molecular formula is C5H7IN2O2. The summed E-state index contributed by atoms with van der Waals surface area (Å²) in [6, 6.07) is -0.516. The van der Waals surface area contributed by atoms with Gasteiger partial charge in [0.2, 0.25) is 6.41 Å². The van der Waals surface area contributed by atoms with Crippen molar-refractivity contribution < 1.29 is 9.59 Å². The predicted molar refractivity (Wildman–Crippen MR) is 45.5 cm³/mol. The van der Waals surface area contributed by atoms with Crippen molar-refractivity contribution in [1.82, 2.24) is 10.6 Å². The summed E-state index contributed by atoms with van der Waals surface area (Å²) in [6.45, 7) is 1.78. The Morgan fingerprint density at radius 1 is 1.60 bits per heavy atom. The summed E-state index contributed by atoms with van der Waals surface area (Å²) in [5.41, 5.74) is 0. The molecule has 0 aliphatic rings. The van der Waals surface area contributed by atoms with Crippen molar-refractivity contribution in [3.05, 3.63) is 9.78 Å². The number of hydrogen-bond acceptors (Lipinski definition) is 2. The van der Waals surface area contributed by atoms with Crippen LogP contribution in [0.2, 0.25) is 0 Å². The van der Waals surface area contributed by atoms with E-state index in [-0.39, 0.29) is 0 Å². The number of amides is 3. The van der Waals surface area contributed by atoms with E-state index in [2.05, 4.69) is 5.32 Å². The minimum Gasteiger partial charge on any atom is -0.303 e. The lowest BCUT2D eigenvalue weighted by Crippen LogP contribution is -2.32. The molecule has 0 aromatic rings. The van der Waals surface area contributed by atoms with Crippen molar-refractivity contribution in [2.75, 3.05) is 0 Å². The maximum Gasteiger partial charge on any atom is 0.326 e. The van der Waals surface area contributed by atoms with Gasteiger partial charge in [-0.1, -0.05) is 6.08 Å². The molecule has 0 atom stereocenters. The van der Waals surface area contributed by atoms with Crippen LogP contribution >= 0.6 is 22.6 Å². The Balaban J connectivity index is 3.68. The van der Waals surface area contributed by atoms with Crippen molar-refractivity contribution in [2.45, 2.75) is 6.92 Å². The highest BCUT2D eigenvalue weighted by molar-refractivity contribution is 14.1. The molecule has 0 rings (SSSR count). The van der Waals surface area contributed by atoms with Crippen molar-refractivity contribution in [1.29, 1.82) is 0 Å². The number of rotatable bonds is 2. The van der Waals surface area contributed by atoms with Gasteiger partial charge in [-0.05, 0) is 29.5 Å². The van der Waals surface area contributed by atoms with E-state index in [4.69, 9.17) is 0 Å². The minimum absolute atomic E-state index is 0.328. The van der Waals surface area contributed by atoms with E-state index in [1.807, 2.05) is 27.9 Å². The Labute approximate surface area is 72.2 Å². The fraction of sp³-hybridized carbons (Fsp3) is 0.200. The average Bonchev–Trinajstić information content (AvgIpc) is 1.88. The van der Waals surface area contributed by atoms with E-state index >= 15 is 0 Å². The molecule has 0 bridgehead atoms. The van der Waals surface area contributed by atoms with Gasteiger partial charge >= 0.3 is 6.03 Å². The maximum atomic E-state index is 10.5. The summed E-state index contributed by atoms with van der Waals surface area (Å²) in [5.74, 6) is 0. The highest BCUT2D eigenvalue weighted by atomic mass is 127. The zero-order valence-electron chi connectivity index (χ0n) is 5.35. The van der Waals surface area contributed by atoms with Gasteiger partial charge < -0.3 is 5.32 Å². The Kier molecular flexibility index (Phi) is 4.91. The Morgan fingerprint density at radius 2 is 2.20 bits per heavy atom. The molecule has 0 unspecified atom stereocenters. The first kappa shape index (κ1) is 9.41. The van der Waals surface area contributed by atoms with Crippen molar-refractivity contribution in [3.8, 4) is 0 Å². The summed E-state index contributed by atoms with van der Waals surface area (Å²) in [4.78, 5) is 20.2. The van der Waals surface area contributed by atoms with Crippen LogP contribution in [0.15, 0.2) is 9.78 Å². The lowest BCUT2D eigenvalue weighted by molar-refractivity contribution is -0.108. The van der Waals surface area contributed by atoms with Gasteiger partial charge in [-0.25, -0.2) is 4.79 Å². The van der Waals surface area contributed by atoms with Crippen LogP contribution in [-0.4, -0.2) is 12.4 Å². The Hall–Kier alpha value is -0.590. The standard InChI is InChI=1S/C5H7IN2O2/c1-2-4(6)8-5(10)7-3-9/h2-3H,1H3,(H2,7,8,9,10)/b4-2-. The molecule has 56 valence electrons. The van der Waals surface area contributed by atoms with Gasteiger partial charge in [0.25, 0.3) is 0 Å². The first-order valence-electron chi connectivity index (χ1n) is 2.53. The number of imide groups is 1.